The molecule has 198 valence electrons. The number of carbonyl (C=O) groups excluding carboxylic acids is 1. The van der Waals surface area contributed by atoms with E-state index in [0.717, 1.165) is 33.3 Å². The van der Waals surface area contributed by atoms with Gasteiger partial charge in [0, 0.05) is 35.1 Å². The molecule has 39 heavy (non-hydrogen) atoms. The molecule has 0 aliphatic rings. The summed E-state index contributed by atoms with van der Waals surface area (Å²) in [6, 6.07) is 22.7. The average Bonchev–Trinajstić information content (AvgIpc) is 3.49. The predicted molar refractivity (Wildman–Crippen MR) is 151 cm³/mol. The first-order valence-corrected chi connectivity index (χ1v) is 12.8. The Kier molecular flexibility index (Phi) is 7.88. The average molecular weight is 543 g/mol. The number of halogens is 1. The van der Waals surface area contributed by atoms with Gasteiger partial charge in [-0.1, -0.05) is 41.9 Å². The van der Waals surface area contributed by atoms with Crippen molar-refractivity contribution in [2.24, 2.45) is 5.10 Å². The van der Waals surface area contributed by atoms with Crippen LogP contribution in [0.2, 0.25) is 5.02 Å². The fourth-order valence-electron chi connectivity index (χ4n) is 4.34. The Morgan fingerprint density at radius 1 is 1.10 bits per heavy atom. The maximum Gasteiger partial charge on any atom is 0.346 e. The lowest BCUT2D eigenvalue weighted by molar-refractivity contribution is -0.121. The van der Waals surface area contributed by atoms with Gasteiger partial charge in [-0.05, 0) is 65.6 Å². The zero-order valence-corrected chi connectivity index (χ0v) is 22.1. The summed E-state index contributed by atoms with van der Waals surface area (Å²) in [4.78, 5) is 29.2. The Bertz CT molecular complexity index is 1670. The van der Waals surface area contributed by atoms with E-state index in [1.54, 1.807) is 35.9 Å². The molecule has 0 fully saturated rings. The summed E-state index contributed by atoms with van der Waals surface area (Å²) >= 11 is 6.04. The molecule has 0 spiro atoms. The molecule has 2 aromatic heterocycles. The summed E-state index contributed by atoms with van der Waals surface area (Å²) in [7, 11) is 1.59. The number of nitrogens with one attached hydrogen (secondary N) is 2. The lowest BCUT2D eigenvalue weighted by atomic mass is 10.1. The van der Waals surface area contributed by atoms with E-state index >= 15 is 0 Å². The quantitative estimate of drug-likeness (QED) is 0.204. The summed E-state index contributed by atoms with van der Waals surface area (Å²) in [5.41, 5.74) is 6.01. The van der Waals surface area contributed by atoms with Crippen molar-refractivity contribution in [3.05, 3.63) is 117 Å². The van der Waals surface area contributed by atoms with Gasteiger partial charge < -0.3 is 9.72 Å². The van der Waals surface area contributed by atoms with Gasteiger partial charge in [0.25, 0.3) is 5.91 Å². The molecule has 0 unspecified atom stereocenters. The van der Waals surface area contributed by atoms with E-state index in [9.17, 15) is 9.59 Å². The zero-order chi connectivity index (χ0) is 27.2. The van der Waals surface area contributed by atoms with Crippen LogP contribution in [0, 0.1) is 0 Å². The molecule has 1 amide bonds. The number of ether oxygens (including phenoxy) is 1. The third-order valence-corrected chi connectivity index (χ3v) is 6.62. The maximum atomic E-state index is 13.4. The van der Waals surface area contributed by atoms with Gasteiger partial charge in [-0.3, -0.25) is 9.36 Å². The minimum absolute atomic E-state index is 0.257. The van der Waals surface area contributed by atoms with Crippen LogP contribution in [0.1, 0.15) is 22.5 Å². The molecule has 0 saturated carbocycles. The highest BCUT2D eigenvalue weighted by atomic mass is 35.5. The van der Waals surface area contributed by atoms with Crippen molar-refractivity contribution in [2.75, 3.05) is 7.11 Å². The van der Waals surface area contributed by atoms with Gasteiger partial charge in [0.2, 0.25) is 0 Å². The number of aromatic nitrogens is 4. The summed E-state index contributed by atoms with van der Waals surface area (Å²) in [5, 5.41) is 10.3. The van der Waals surface area contributed by atoms with Crippen LogP contribution in [-0.4, -0.2) is 38.6 Å². The number of nitrogens with zero attached hydrogens (tertiary/aromatic N) is 4. The molecule has 5 aromatic rings. The fourth-order valence-corrected chi connectivity index (χ4v) is 4.47. The molecule has 0 saturated heterocycles. The van der Waals surface area contributed by atoms with Gasteiger partial charge >= 0.3 is 5.69 Å². The minimum atomic E-state index is -0.457. The second-order valence-electron chi connectivity index (χ2n) is 8.99. The highest BCUT2D eigenvalue weighted by Crippen LogP contribution is 2.19. The van der Waals surface area contributed by atoms with E-state index in [2.05, 4.69) is 26.7 Å². The number of hydrogen-bond donors (Lipinski definition) is 2. The van der Waals surface area contributed by atoms with Crippen LogP contribution in [0.5, 0.6) is 5.75 Å². The fraction of sp³-hybridized carbons (Fsp3) is 0.172. The van der Waals surface area contributed by atoms with Crippen molar-refractivity contribution >= 4 is 34.6 Å². The van der Waals surface area contributed by atoms with Crippen molar-refractivity contribution in [3.8, 4) is 5.75 Å². The van der Waals surface area contributed by atoms with E-state index in [-0.39, 0.29) is 12.2 Å². The van der Waals surface area contributed by atoms with Crippen molar-refractivity contribution < 1.29 is 9.53 Å². The van der Waals surface area contributed by atoms with Crippen LogP contribution in [0.3, 0.4) is 0 Å². The van der Waals surface area contributed by atoms with Crippen molar-refractivity contribution in [2.45, 2.75) is 25.9 Å². The molecule has 3 aromatic carbocycles. The van der Waals surface area contributed by atoms with Gasteiger partial charge in [0.15, 0.2) is 0 Å². The molecule has 2 N–H and O–H groups in total. The Morgan fingerprint density at radius 3 is 2.64 bits per heavy atom. The number of H-pyrrole nitrogens is 1. The van der Waals surface area contributed by atoms with E-state index in [1.807, 2.05) is 48.7 Å². The van der Waals surface area contributed by atoms with Crippen LogP contribution < -0.4 is 15.9 Å². The number of rotatable bonds is 10. The monoisotopic (exact) mass is 542 g/mol. The molecule has 10 heteroatoms. The molecule has 2 heterocycles. The SMILES string of the molecule is COc1ccc(/C=N/NC(=O)Cn2nc(Cc3ccc(Cl)cc3)n(CCc3c[nH]c4ccccc34)c2=O)cc1. The predicted octanol–water partition coefficient (Wildman–Crippen LogP) is 4.17. The highest BCUT2D eigenvalue weighted by Gasteiger charge is 2.17. The molecular weight excluding hydrogens is 516 g/mol. The lowest BCUT2D eigenvalue weighted by Gasteiger charge is -2.06. The van der Waals surface area contributed by atoms with Gasteiger partial charge in [0.05, 0.1) is 13.3 Å². The normalized spacial score (nSPS) is 11.3. The van der Waals surface area contributed by atoms with Crippen molar-refractivity contribution in [1.82, 2.24) is 24.8 Å². The number of aryl methyl sites for hydroxylation is 1. The van der Waals surface area contributed by atoms with E-state index in [4.69, 9.17) is 16.3 Å². The zero-order valence-electron chi connectivity index (χ0n) is 21.3. The topological polar surface area (TPSA) is 106 Å². The van der Waals surface area contributed by atoms with Crippen LogP contribution >= 0.6 is 11.6 Å². The molecule has 0 bridgehead atoms. The number of amides is 1. The summed E-state index contributed by atoms with van der Waals surface area (Å²) < 4.78 is 7.95. The molecule has 0 radical (unpaired) electrons. The third-order valence-electron chi connectivity index (χ3n) is 6.37. The summed E-state index contributed by atoms with van der Waals surface area (Å²) in [6.45, 7) is 0.160. The van der Waals surface area contributed by atoms with Crippen molar-refractivity contribution in [1.29, 1.82) is 0 Å². The first-order chi connectivity index (χ1) is 19.0. The highest BCUT2D eigenvalue weighted by molar-refractivity contribution is 6.30. The Balaban J connectivity index is 1.33. The van der Waals surface area contributed by atoms with Crippen LogP contribution in [0.25, 0.3) is 10.9 Å². The van der Waals surface area contributed by atoms with E-state index in [0.29, 0.717) is 30.2 Å². The smallest absolute Gasteiger partial charge is 0.346 e. The van der Waals surface area contributed by atoms with Crippen LogP contribution in [-0.2, 0) is 30.7 Å². The number of fused-ring (bicyclic) bond motifs is 1. The number of carbonyl (C=O) groups is 1. The Hall–Kier alpha value is -4.63. The molecule has 9 nitrogen and oxygen atoms in total. The second-order valence-corrected chi connectivity index (χ2v) is 9.42. The molecular formula is C29H27ClN6O3. The van der Waals surface area contributed by atoms with Gasteiger partial charge in [-0.15, -0.1) is 0 Å². The minimum Gasteiger partial charge on any atom is -0.497 e. The summed E-state index contributed by atoms with van der Waals surface area (Å²) in [6.07, 6.45) is 4.53. The number of hydrogen-bond acceptors (Lipinski definition) is 5. The second kappa shape index (κ2) is 11.8. The standard InChI is InChI=1S/C29H27ClN6O3/c1-39-24-12-8-21(9-13-24)17-32-33-28(37)19-36-29(38)35(27(34-36)16-20-6-10-23(30)11-7-20)15-14-22-18-31-26-5-3-2-4-25(22)26/h2-13,17-18,31H,14-16,19H2,1H3,(H,33,37)/b32-17+. The summed E-state index contributed by atoms with van der Waals surface area (Å²) in [5.74, 6) is 0.836. The molecule has 0 atom stereocenters. The lowest BCUT2D eigenvalue weighted by Crippen LogP contribution is -2.32. The first-order valence-electron chi connectivity index (χ1n) is 12.4. The van der Waals surface area contributed by atoms with E-state index < -0.39 is 5.91 Å². The number of benzene rings is 3. The van der Waals surface area contributed by atoms with Crippen LogP contribution in [0.4, 0.5) is 0 Å². The van der Waals surface area contributed by atoms with Gasteiger partial charge in [-0.25, -0.2) is 14.9 Å². The Morgan fingerprint density at radius 2 is 1.87 bits per heavy atom. The number of methoxy groups -OCH3 is 1. The van der Waals surface area contributed by atoms with E-state index in [1.165, 1.54) is 10.9 Å². The number of hydrazone groups is 1. The van der Waals surface area contributed by atoms with Gasteiger partial charge in [0.1, 0.15) is 18.1 Å². The largest absolute Gasteiger partial charge is 0.497 e. The van der Waals surface area contributed by atoms with Crippen LogP contribution in [0.15, 0.2) is 88.9 Å². The molecule has 0 aliphatic heterocycles. The number of para-hydroxylation sites is 1. The third kappa shape index (κ3) is 6.27. The number of aromatic amines is 1. The first kappa shape index (κ1) is 26.0. The Labute approximate surface area is 229 Å². The molecule has 0 aliphatic carbocycles. The molecule has 5 rings (SSSR count). The maximum absolute atomic E-state index is 13.4. The van der Waals surface area contributed by atoms with Gasteiger partial charge in [-0.2, -0.15) is 10.2 Å². The van der Waals surface area contributed by atoms with Crippen molar-refractivity contribution in [3.63, 3.8) is 0 Å².